The van der Waals surface area contributed by atoms with Gasteiger partial charge in [0.05, 0.1) is 4.90 Å². The molecule has 0 saturated heterocycles. The van der Waals surface area contributed by atoms with E-state index in [1.807, 2.05) is 12.1 Å². The SMILES string of the molecule is CCCCCc1ccc2cc(S(=O)(=O)[O-])ccc2c1CCCCC.[K+]. The summed E-state index contributed by atoms with van der Waals surface area (Å²) in [6, 6.07) is 8.83. The number of fused-ring (bicyclic) bond motifs is 1. The molecule has 0 fully saturated rings. The molecule has 2 aromatic rings. The van der Waals surface area contributed by atoms with Crippen LogP contribution in [0.2, 0.25) is 0 Å². The molecule has 0 atom stereocenters. The van der Waals surface area contributed by atoms with Crippen LogP contribution in [0.15, 0.2) is 35.2 Å². The summed E-state index contributed by atoms with van der Waals surface area (Å²) in [4.78, 5) is -0.145. The van der Waals surface area contributed by atoms with E-state index in [0.29, 0.717) is 0 Å². The van der Waals surface area contributed by atoms with Crippen molar-refractivity contribution in [3.8, 4) is 0 Å². The van der Waals surface area contributed by atoms with Crippen molar-refractivity contribution in [2.75, 3.05) is 0 Å². The third kappa shape index (κ3) is 6.72. The first-order valence-electron chi connectivity index (χ1n) is 8.97. The molecule has 0 aliphatic carbocycles. The number of aryl methyl sites for hydroxylation is 2. The Balaban J connectivity index is 0.00000312. The minimum atomic E-state index is -4.41. The molecule has 0 aliphatic heterocycles. The number of hydrogen-bond acceptors (Lipinski definition) is 3. The maximum Gasteiger partial charge on any atom is 1.00 e. The van der Waals surface area contributed by atoms with Gasteiger partial charge in [-0.3, -0.25) is 0 Å². The van der Waals surface area contributed by atoms with Crippen molar-refractivity contribution in [2.45, 2.75) is 70.1 Å². The van der Waals surface area contributed by atoms with Crippen molar-refractivity contribution < 1.29 is 64.4 Å². The fraction of sp³-hybridized carbons (Fsp3) is 0.500. The predicted molar refractivity (Wildman–Crippen MR) is 98.4 cm³/mol. The normalized spacial score (nSPS) is 11.5. The Bertz CT molecular complexity index is 785. The molecule has 0 aromatic heterocycles. The summed E-state index contributed by atoms with van der Waals surface area (Å²) in [5.41, 5.74) is 2.69. The van der Waals surface area contributed by atoms with E-state index in [0.717, 1.165) is 30.0 Å². The summed E-state index contributed by atoms with van der Waals surface area (Å²) >= 11 is 0. The second-order valence-corrected chi connectivity index (χ2v) is 7.83. The summed E-state index contributed by atoms with van der Waals surface area (Å²) in [5.74, 6) is 0. The Kier molecular flexibility index (Phi) is 10.4. The maximum absolute atomic E-state index is 11.3. The second-order valence-electron chi connectivity index (χ2n) is 6.45. The van der Waals surface area contributed by atoms with Gasteiger partial charge in [0.15, 0.2) is 0 Å². The van der Waals surface area contributed by atoms with Gasteiger partial charge < -0.3 is 4.55 Å². The zero-order valence-electron chi connectivity index (χ0n) is 15.7. The van der Waals surface area contributed by atoms with Crippen molar-refractivity contribution in [2.24, 2.45) is 0 Å². The quantitative estimate of drug-likeness (QED) is 0.377. The first kappa shape index (κ1) is 23.3. The fourth-order valence-electron chi connectivity index (χ4n) is 3.22. The Hall–Kier alpha value is 0.246. The topological polar surface area (TPSA) is 57.2 Å². The zero-order valence-corrected chi connectivity index (χ0v) is 19.6. The van der Waals surface area contributed by atoms with Gasteiger partial charge in [0.25, 0.3) is 0 Å². The molecule has 0 bridgehead atoms. The molecule has 25 heavy (non-hydrogen) atoms. The van der Waals surface area contributed by atoms with Crippen molar-refractivity contribution in [1.29, 1.82) is 0 Å². The summed E-state index contributed by atoms with van der Waals surface area (Å²) in [7, 11) is -4.41. The van der Waals surface area contributed by atoms with E-state index in [4.69, 9.17) is 0 Å². The van der Waals surface area contributed by atoms with E-state index in [9.17, 15) is 13.0 Å². The summed E-state index contributed by atoms with van der Waals surface area (Å²) in [5, 5.41) is 1.94. The van der Waals surface area contributed by atoms with E-state index in [2.05, 4.69) is 19.9 Å². The number of unbranched alkanes of at least 4 members (excludes halogenated alkanes) is 4. The Morgan fingerprint density at radius 2 is 1.52 bits per heavy atom. The molecule has 3 nitrogen and oxygen atoms in total. The Morgan fingerprint density at radius 1 is 0.880 bits per heavy atom. The molecule has 0 unspecified atom stereocenters. The molecule has 0 radical (unpaired) electrons. The molecule has 5 heteroatoms. The first-order valence-corrected chi connectivity index (χ1v) is 10.4. The zero-order chi connectivity index (χ0) is 17.6. The van der Waals surface area contributed by atoms with Crippen LogP contribution in [0.5, 0.6) is 0 Å². The summed E-state index contributed by atoms with van der Waals surface area (Å²) in [6.07, 6.45) is 9.17. The average Bonchev–Trinajstić information content (AvgIpc) is 2.55. The van der Waals surface area contributed by atoms with E-state index < -0.39 is 10.1 Å². The van der Waals surface area contributed by atoms with Crippen LogP contribution in [-0.4, -0.2) is 13.0 Å². The van der Waals surface area contributed by atoms with Crippen molar-refractivity contribution >= 4 is 20.9 Å². The maximum atomic E-state index is 11.3. The van der Waals surface area contributed by atoms with Gasteiger partial charge >= 0.3 is 51.4 Å². The molecule has 0 aliphatic rings. The molecule has 0 amide bonds. The molecular weight excluding hydrogens is 359 g/mol. The summed E-state index contributed by atoms with van der Waals surface area (Å²) in [6.45, 7) is 4.39. The Labute approximate surface area is 194 Å². The van der Waals surface area contributed by atoms with Gasteiger partial charge in [-0.05, 0) is 59.7 Å². The van der Waals surface area contributed by atoms with Crippen molar-refractivity contribution in [3.63, 3.8) is 0 Å². The van der Waals surface area contributed by atoms with Crippen LogP contribution in [-0.2, 0) is 23.0 Å². The minimum Gasteiger partial charge on any atom is -0.744 e. The van der Waals surface area contributed by atoms with E-state index in [1.54, 1.807) is 0 Å². The van der Waals surface area contributed by atoms with Crippen LogP contribution in [0.1, 0.15) is 63.5 Å². The Morgan fingerprint density at radius 3 is 2.12 bits per heavy atom. The van der Waals surface area contributed by atoms with Crippen LogP contribution in [0.4, 0.5) is 0 Å². The first-order chi connectivity index (χ1) is 11.5. The van der Waals surface area contributed by atoms with E-state index in [1.165, 1.54) is 55.4 Å². The number of benzene rings is 2. The smallest absolute Gasteiger partial charge is 0.744 e. The molecule has 2 rings (SSSR count). The molecule has 132 valence electrons. The van der Waals surface area contributed by atoms with Crippen molar-refractivity contribution in [3.05, 3.63) is 41.5 Å². The van der Waals surface area contributed by atoms with Crippen LogP contribution < -0.4 is 51.4 Å². The van der Waals surface area contributed by atoms with Gasteiger partial charge in [-0.1, -0.05) is 57.7 Å². The van der Waals surface area contributed by atoms with Crippen molar-refractivity contribution in [1.82, 2.24) is 0 Å². The minimum absolute atomic E-state index is 0. The number of rotatable bonds is 9. The van der Waals surface area contributed by atoms with Gasteiger partial charge in [0.2, 0.25) is 0 Å². The predicted octanol–water partition coefficient (Wildman–Crippen LogP) is 2.21. The van der Waals surface area contributed by atoms with Gasteiger partial charge in [-0.2, -0.15) is 0 Å². The average molecular weight is 387 g/mol. The standard InChI is InChI=1S/C20H28O3S.K/c1-3-5-7-9-16-11-12-17-15-18(24(21,22)23)13-14-20(17)19(16)10-8-6-4-2;/h11-15H,3-10H2,1-2H3,(H,21,22,23);/q;+1/p-1. The molecule has 2 aromatic carbocycles. The van der Waals surface area contributed by atoms with Crippen LogP contribution in [0.3, 0.4) is 0 Å². The van der Waals surface area contributed by atoms with Crippen LogP contribution in [0, 0.1) is 0 Å². The van der Waals surface area contributed by atoms with Gasteiger partial charge in [-0.15, -0.1) is 0 Å². The third-order valence-corrected chi connectivity index (χ3v) is 5.40. The molecule has 0 saturated carbocycles. The molecular formula is C20H27KO3S. The molecule has 0 heterocycles. The summed E-state index contributed by atoms with van der Waals surface area (Å²) < 4.78 is 33.8. The van der Waals surface area contributed by atoms with Crippen LogP contribution in [0.25, 0.3) is 10.8 Å². The number of hydrogen-bond donors (Lipinski definition) is 0. The largest absolute Gasteiger partial charge is 1.00 e. The van der Waals surface area contributed by atoms with Gasteiger partial charge in [0.1, 0.15) is 10.1 Å². The molecule has 0 spiro atoms. The van der Waals surface area contributed by atoms with E-state index in [-0.39, 0.29) is 56.3 Å². The van der Waals surface area contributed by atoms with E-state index >= 15 is 0 Å². The molecule has 0 N–H and O–H groups in total. The third-order valence-electron chi connectivity index (χ3n) is 4.57. The van der Waals surface area contributed by atoms with Gasteiger partial charge in [0, 0.05) is 0 Å². The van der Waals surface area contributed by atoms with Crippen LogP contribution >= 0.6 is 0 Å². The fourth-order valence-corrected chi connectivity index (χ4v) is 3.73. The monoisotopic (exact) mass is 386 g/mol. The van der Waals surface area contributed by atoms with Gasteiger partial charge in [-0.25, -0.2) is 8.42 Å². The second kappa shape index (κ2) is 11.2.